The number of amides is 1. The molecule has 0 aromatic heterocycles. The van der Waals surface area contributed by atoms with E-state index >= 15 is 0 Å². The first-order valence-electron chi connectivity index (χ1n) is 7.44. The molecule has 0 heterocycles. The van der Waals surface area contributed by atoms with Gasteiger partial charge in [-0.3, -0.25) is 4.79 Å². The lowest BCUT2D eigenvalue weighted by molar-refractivity contribution is -0.137. The van der Waals surface area contributed by atoms with Gasteiger partial charge in [0.1, 0.15) is 0 Å². The van der Waals surface area contributed by atoms with Gasteiger partial charge in [-0.25, -0.2) is 0 Å². The van der Waals surface area contributed by atoms with Gasteiger partial charge in [0.2, 0.25) is 5.91 Å². The molecule has 0 atom stereocenters. The minimum atomic E-state index is -4.35. The van der Waals surface area contributed by atoms with E-state index < -0.39 is 11.7 Å². The quantitative estimate of drug-likeness (QED) is 0.783. The maximum absolute atomic E-state index is 12.6. The predicted octanol–water partition coefficient (Wildman–Crippen LogP) is 4.33. The standard InChI is InChI=1S/C18H18F3NOS/c1-24-16-7-5-14(6-8-16)12-17(23)22-10-9-13-3-2-4-15(11-13)18(19,20)21/h2-8,11H,9-10,12H2,1H3,(H,22,23). The number of carbonyl (C=O) groups is 1. The zero-order valence-corrected chi connectivity index (χ0v) is 14.0. The number of carbonyl (C=O) groups excluding carboxylic acids is 1. The van der Waals surface area contributed by atoms with Crippen LogP contribution in [0.2, 0.25) is 0 Å². The van der Waals surface area contributed by atoms with Crippen LogP contribution >= 0.6 is 11.8 Å². The van der Waals surface area contributed by atoms with E-state index in [0.29, 0.717) is 18.5 Å². The van der Waals surface area contributed by atoms with E-state index in [2.05, 4.69) is 5.32 Å². The summed E-state index contributed by atoms with van der Waals surface area (Å²) in [5, 5.41) is 2.74. The number of alkyl halides is 3. The summed E-state index contributed by atoms with van der Waals surface area (Å²) in [6.07, 6.45) is -1.74. The topological polar surface area (TPSA) is 29.1 Å². The third-order valence-electron chi connectivity index (χ3n) is 3.51. The number of hydrogen-bond acceptors (Lipinski definition) is 2. The lowest BCUT2D eigenvalue weighted by atomic mass is 10.1. The van der Waals surface area contributed by atoms with Crippen LogP contribution in [-0.4, -0.2) is 18.7 Å². The number of halogens is 3. The number of rotatable bonds is 6. The summed E-state index contributed by atoms with van der Waals surface area (Å²) in [7, 11) is 0. The first-order chi connectivity index (χ1) is 11.4. The van der Waals surface area contributed by atoms with Crippen LogP contribution in [0.15, 0.2) is 53.4 Å². The van der Waals surface area contributed by atoms with Crippen LogP contribution in [0.1, 0.15) is 16.7 Å². The maximum Gasteiger partial charge on any atom is 0.416 e. The van der Waals surface area contributed by atoms with Gasteiger partial charge in [-0.15, -0.1) is 11.8 Å². The minimum absolute atomic E-state index is 0.140. The van der Waals surface area contributed by atoms with E-state index in [1.54, 1.807) is 17.8 Å². The van der Waals surface area contributed by atoms with E-state index in [1.165, 1.54) is 6.07 Å². The summed E-state index contributed by atoms with van der Waals surface area (Å²) < 4.78 is 37.9. The molecule has 0 aliphatic heterocycles. The number of thioether (sulfide) groups is 1. The third-order valence-corrected chi connectivity index (χ3v) is 4.26. The Hall–Kier alpha value is -1.95. The second-order valence-electron chi connectivity index (χ2n) is 5.32. The third kappa shape index (κ3) is 5.60. The first-order valence-corrected chi connectivity index (χ1v) is 8.67. The molecule has 2 aromatic carbocycles. The molecule has 1 amide bonds. The molecule has 0 spiro atoms. The number of nitrogens with one attached hydrogen (secondary N) is 1. The van der Waals surface area contributed by atoms with Crippen molar-refractivity contribution in [2.45, 2.75) is 23.9 Å². The smallest absolute Gasteiger partial charge is 0.355 e. The molecule has 0 fully saturated rings. The van der Waals surface area contributed by atoms with Crippen LogP contribution in [-0.2, 0) is 23.8 Å². The van der Waals surface area contributed by atoms with Gasteiger partial charge in [0.25, 0.3) is 0 Å². The molecular weight excluding hydrogens is 335 g/mol. The number of hydrogen-bond donors (Lipinski definition) is 1. The molecule has 0 aliphatic carbocycles. The molecule has 2 nitrogen and oxygen atoms in total. The molecule has 1 N–H and O–H groups in total. The van der Waals surface area contributed by atoms with Crippen molar-refractivity contribution in [3.05, 3.63) is 65.2 Å². The first kappa shape index (κ1) is 18.4. The number of benzene rings is 2. The van der Waals surface area contributed by atoms with Crippen molar-refractivity contribution >= 4 is 17.7 Å². The maximum atomic E-state index is 12.6. The van der Waals surface area contributed by atoms with Crippen molar-refractivity contribution in [3.63, 3.8) is 0 Å². The Kier molecular flexibility index (Phi) is 6.31. The molecule has 0 saturated carbocycles. The lowest BCUT2D eigenvalue weighted by Gasteiger charge is -2.09. The van der Waals surface area contributed by atoms with Crippen molar-refractivity contribution in [2.75, 3.05) is 12.8 Å². The molecule has 0 radical (unpaired) electrons. The molecule has 0 aliphatic rings. The van der Waals surface area contributed by atoms with Crippen LogP contribution < -0.4 is 5.32 Å². The highest BCUT2D eigenvalue weighted by atomic mass is 32.2. The van der Waals surface area contributed by atoms with E-state index in [4.69, 9.17) is 0 Å². The van der Waals surface area contributed by atoms with Gasteiger partial charge >= 0.3 is 6.18 Å². The minimum Gasteiger partial charge on any atom is -0.355 e. The summed E-state index contributed by atoms with van der Waals surface area (Å²) in [6, 6.07) is 12.9. The van der Waals surface area contributed by atoms with Gasteiger partial charge < -0.3 is 5.32 Å². The lowest BCUT2D eigenvalue weighted by Crippen LogP contribution is -2.27. The van der Waals surface area contributed by atoms with Gasteiger partial charge in [-0.2, -0.15) is 13.2 Å². The van der Waals surface area contributed by atoms with Gasteiger partial charge in [-0.05, 0) is 42.0 Å². The predicted molar refractivity (Wildman–Crippen MR) is 90.1 cm³/mol. The summed E-state index contributed by atoms with van der Waals surface area (Å²) in [5.41, 5.74) is 0.791. The Balaban J connectivity index is 1.82. The summed E-state index contributed by atoms with van der Waals surface area (Å²) in [4.78, 5) is 13.0. The van der Waals surface area contributed by atoms with Gasteiger partial charge in [0.05, 0.1) is 12.0 Å². The Morgan fingerprint density at radius 2 is 1.79 bits per heavy atom. The second-order valence-corrected chi connectivity index (χ2v) is 6.20. The van der Waals surface area contributed by atoms with E-state index in [0.717, 1.165) is 22.6 Å². The van der Waals surface area contributed by atoms with Crippen molar-refractivity contribution in [3.8, 4) is 0 Å². The fourth-order valence-electron chi connectivity index (χ4n) is 2.24. The van der Waals surface area contributed by atoms with Crippen molar-refractivity contribution in [1.82, 2.24) is 5.32 Å². The fraction of sp³-hybridized carbons (Fsp3) is 0.278. The molecule has 2 aromatic rings. The van der Waals surface area contributed by atoms with Crippen molar-refractivity contribution < 1.29 is 18.0 Å². The largest absolute Gasteiger partial charge is 0.416 e. The highest BCUT2D eigenvalue weighted by Gasteiger charge is 2.30. The average Bonchev–Trinajstić information content (AvgIpc) is 2.55. The highest BCUT2D eigenvalue weighted by Crippen LogP contribution is 2.29. The molecule has 0 saturated heterocycles. The zero-order chi connectivity index (χ0) is 17.6. The van der Waals surface area contributed by atoms with Crippen LogP contribution in [0.25, 0.3) is 0 Å². The van der Waals surface area contributed by atoms with Gasteiger partial charge in [0, 0.05) is 11.4 Å². The Morgan fingerprint density at radius 3 is 2.42 bits per heavy atom. The van der Waals surface area contributed by atoms with E-state index in [1.807, 2.05) is 30.5 Å². The molecule has 0 unspecified atom stereocenters. The SMILES string of the molecule is CSc1ccc(CC(=O)NCCc2cccc(C(F)(F)F)c2)cc1. The second kappa shape index (κ2) is 8.24. The zero-order valence-electron chi connectivity index (χ0n) is 13.2. The monoisotopic (exact) mass is 353 g/mol. The van der Waals surface area contributed by atoms with Crippen molar-refractivity contribution in [1.29, 1.82) is 0 Å². The Labute approximate surface area is 143 Å². The van der Waals surface area contributed by atoms with E-state index in [9.17, 15) is 18.0 Å². The highest BCUT2D eigenvalue weighted by molar-refractivity contribution is 7.98. The van der Waals surface area contributed by atoms with Crippen LogP contribution in [0.4, 0.5) is 13.2 Å². The van der Waals surface area contributed by atoms with Crippen LogP contribution in [0.5, 0.6) is 0 Å². The Morgan fingerprint density at radius 1 is 1.08 bits per heavy atom. The van der Waals surface area contributed by atoms with Gasteiger partial charge in [-0.1, -0.05) is 30.3 Å². The normalized spacial score (nSPS) is 11.3. The van der Waals surface area contributed by atoms with E-state index in [-0.39, 0.29) is 12.3 Å². The van der Waals surface area contributed by atoms with Crippen LogP contribution in [0.3, 0.4) is 0 Å². The molecule has 128 valence electrons. The Bertz CT molecular complexity index is 683. The molecule has 6 heteroatoms. The summed E-state index contributed by atoms with van der Waals surface area (Å²) in [5.74, 6) is -0.140. The van der Waals surface area contributed by atoms with Crippen molar-refractivity contribution in [2.24, 2.45) is 0 Å². The molecule has 2 rings (SSSR count). The average molecular weight is 353 g/mol. The van der Waals surface area contributed by atoms with Crippen LogP contribution in [0, 0.1) is 0 Å². The summed E-state index contributed by atoms with van der Waals surface area (Å²) in [6.45, 7) is 0.309. The van der Waals surface area contributed by atoms with Gasteiger partial charge in [0.15, 0.2) is 0 Å². The molecule has 0 bridgehead atoms. The summed E-state index contributed by atoms with van der Waals surface area (Å²) >= 11 is 1.63. The fourth-order valence-corrected chi connectivity index (χ4v) is 2.65. The molecular formula is C18H18F3NOS. The molecule has 24 heavy (non-hydrogen) atoms.